The van der Waals surface area contributed by atoms with Gasteiger partial charge in [0.15, 0.2) is 22.0 Å². The molecule has 196 valence electrons. The van der Waals surface area contributed by atoms with Crippen LogP contribution in [0.1, 0.15) is 23.6 Å². The topological polar surface area (TPSA) is 85.5 Å². The van der Waals surface area contributed by atoms with E-state index < -0.39 is 5.41 Å². The normalized spacial score (nSPS) is 24.6. The Bertz CT molecular complexity index is 1300. The van der Waals surface area contributed by atoms with E-state index in [1.807, 2.05) is 28.8 Å². The minimum Gasteiger partial charge on any atom is -0.493 e. The van der Waals surface area contributed by atoms with Gasteiger partial charge in [-0.1, -0.05) is 12.1 Å². The fourth-order valence-corrected chi connectivity index (χ4v) is 6.69. The summed E-state index contributed by atoms with van der Waals surface area (Å²) in [5.41, 5.74) is 0.576. The van der Waals surface area contributed by atoms with E-state index in [0.29, 0.717) is 30.5 Å². The summed E-state index contributed by atoms with van der Waals surface area (Å²) in [7, 11) is 6.41. The number of likely N-dealkylation sites (tertiary alicyclic amines) is 1. The molecular formula is C27H33N4O5S+. The molecule has 0 saturated carbocycles. The van der Waals surface area contributed by atoms with Crippen LogP contribution in [0.2, 0.25) is 0 Å². The molecule has 2 amide bonds. The second-order valence-corrected chi connectivity index (χ2v) is 10.9. The number of quaternary nitrogens is 1. The molecule has 2 bridgehead atoms. The number of thiocarbonyl (C=S) groups is 1. The number of rotatable bonds is 6. The third-order valence-electron chi connectivity index (χ3n) is 8.18. The Hall–Kier alpha value is -3.24. The smallest absolute Gasteiger partial charge is 0.250 e. The highest BCUT2D eigenvalue weighted by molar-refractivity contribution is 7.80. The summed E-state index contributed by atoms with van der Waals surface area (Å²) < 4.78 is 12.8. The molecule has 5 rings (SSSR count). The third kappa shape index (κ3) is 4.21. The lowest BCUT2D eigenvalue weighted by Gasteiger charge is -2.46. The van der Waals surface area contributed by atoms with Crippen molar-refractivity contribution in [2.24, 2.45) is 11.3 Å². The van der Waals surface area contributed by atoms with E-state index >= 15 is 0 Å². The number of aromatic nitrogens is 1. The first-order chi connectivity index (χ1) is 17.7. The number of nitrogens with zero attached hydrogens (tertiary/aromatic N) is 3. The highest BCUT2D eigenvalue weighted by atomic mass is 32.1. The number of hydrogen-bond acceptors (Lipinski definition) is 6. The predicted molar refractivity (Wildman–Crippen MR) is 141 cm³/mol. The molecule has 2 saturated heterocycles. The van der Waals surface area contributed by atoms with E-state index in [9.17, 15) is 14.4 Å². The van der Waals surface area contributed by atoms with Crippen molar-refractivity contribution >= 4 is 29.1 Å². The van der Waals surface area contributed by atoms with Gasteiger partial charge in [0.1, 0.15) is 6.54 Å². The Morgan fingerprint density at radius 3 is 2.38 bits per heavy atom. The van der Waals surface area contributed by atoms with Gasteiger partial charge in [0, 0.05) is 50.7 Å². The lowest BCUT2D eigenvalue weighted by Crippen LogP contribution is -3.16. The number of amides is 2. The van der Waals surface area contributed by atoms with Crippen molar-refractivity contribution in [1.82, 2.24) is 14.4 Å². The maximum absolute atomic E-state index is 13.9. The molecule has 37 heavy (non-hydrogen) atoms. The van der Waals surface area contributed by atoms with Crippen LogP contribution in [0.5, 0.6) is 11.5 Å². The first kappa shape index (κ1) is 25.4. The van der Waals surface area contributed by atoms with E-state index in [2.05, 4.69) is 0 Å². The van der Waals surface area contributed by atoms with Crippen LogP contribution in [0.4, 0.5) is 0 Å². The Morgan fingerprint density at radius 2 is 1.70 bits per heavy atom. The Morgan fingerprint density at radius 1 is 1.00 bits per heavy atom. The van der Waals surface area contributed by atoms with Crippen molar-refractivity contribution in [2.45, 2.75) is 25.3 Å². The predicted octanol–water partition coefficient (Wildman–Crippen LogP) is 0.312. The van der Waals surface area contributed by atoms with Crippen molar-refractivity contribution in [3.63, 3.8) is 0 Å². The zero-order valence-electron chi connectivity index (χ0n) is 21.7. The summed E-state index contributed by atoms with van der Waals surface area (Å²) >= 11 is 5.40. The van der Waals surface area contributed by atoms with Gasteiger partial charge in [0.2, 0.25) is 11.8 Å². The molecule has 0 radical (unpaired) electrons. The van der Waals surface area contributed by atoms with E-state index in [-0.39, 0.29) is 34.8 Å². The SMILES string of the molecule is COc1ccc(CC2(C[NH+]3C[C@@H]4C[C@H](C3)c3cccc(=O)n3C4)C(=O)N(C)C(=S)N(C)C2=O)cc1OC. The van der Waals surface area contributed by atoms with E-state index in [1.165, 1.54) is 14.7 Å². The molecule has 10 heteroatoms. The first-order valence-corrected chi connectivity index (χ1v) is 12.9. The summed E-state index contributed by atoms with van der Waals surface area (Å²) in [5, 5.41) is 0.205. The van der Waals surface area contributed by atoms with Gasteiger partial charge in [-0.2, -0.15) is 0 Å². The minimum absolute atomic E-state index is 0.0370. The summed E-state index contributed by atoms with van der Waals surface area (Å²) in [6.45, 7) is 2.57. The van der Waals surface area contributed by atoms with Crippen molar-refractivity contribution in [3.8, 4) is 11.5 Å². The van der Waals surface area contributed by atoms with Crippen LogP contribution >= 0.6 is 12.2 Å². The largest absolute Gasteiger partial charge is 0.493 e. The zero-order valence-corrected chi connectivity index (χ0v) is 22.5. The number of fused-ring (bicyclic) bond motifs is 4. The fraction of sp³-hybridized carbons (Fsp3) is 0.481. The number of nitrogens with one attached hydrogen (secondary N) is 1. The molecule has 0 aliphatic carbocycles. The number of pyridine rings is 1. The first-order valence-electron chi connectivity index (χ1n) is 12.5. The molecule has 1 unspecified atom stereocenters. The van der Waals surface area contributed by atoms with Gasteiger partial charge < -0.3 is 18.9 Å². The van der Waals surface area contributed by atoms with Crippen LogP contribution in [0, 0.1) is 11.3 Å². The van der Waals surface area contributed by atoms with Crippen molar-refractivity contribution in [2.75, 3.05) is 47.9 Å². The van der Waals surface area contributed by atoms with Crippen LogP contribution in [0.3, 0.4) is 0 Å². The summed E-state index contributed by atoms with van der Waals surface area (Å²) in [4.78, 5) is 44.4. The molecule has 9 nitrogen and oxygen atoms in total. The van der Waals surface area contributed by atoms with Gasteiger partial charge in [-0.15, -0.1) is 0 Å². The van der Waals surface area contributed by atoms with Gasteiger partial charge in [0.25, 0.3) is 5.56 Å². The fourth-order valence-electron chi connectivity index (χ4n) is 6.53. The average Bonchev–Trinajstić information content (AvgIpc) is 2.90. The number of benzene rings is 1. The van der Waals surface area contributed by atoms with Crippen molar-refractivity contribution in [3.05, 3.63) is 58.0 Å². The molecule has 1 aromatic carbocycles. The van der Waals surface area contributed by atoms with Crippen LogP contribution in [0.15, 0.2) is 41.2 Å². The average molecular weight is 526 g/mol. The highest BCUT2D eigenvalue weighted by Gasteiger charge is 2.57. The Balaban J connectivity index is 1.51. The quantitative estimate of drug-likeness (QED) is 0.432. The van der Waals surface area contributed by atoms with Gasteiger partial charge >= 0.3 is 0 Å². The summed E-state index contributed by atoms with van der Waals surface area (Å²) in [5.74, 6) is 1.08. The van der Waals surface area contributed by atoms with Crippen LogP contribution < -0.4 is 19.9 Å². The Labute approximate surface area is 221 Å². The van der Waals surface area contributed by atoms with E-state index in [0.717, 1.165) is 30.8 Å². The van der Waals surface area contributed by atoms with Crippen molar-refractivity contribution < 1.29 is 24.0 Å². The lowest BCUT2D eigenvalue weighted by atomic mass is 9.75. The molecule has 0 spiro atoms. The second-order valence-electron chi connectivity index (χ2n) is 10.5. The highest BCUT2D eigenvalue weighted by Crippen LogP contribution is 2.36. The van der Waals surface area contributed by atoms with Crippen molar-refractivity contribution in [1.29, 1.82) is 0 Å². The summed E-state index contributed by atoms with van der Waals surface area (Å²) in [6, 6.07) is 11.0. The number of methoxy groups -OCH3 is 2. The molecule has 2 aromatic rings. The van der Waals surface area contributed by atoms with Gasteiger partial charge in [-0.25, -0.2) is 0 Å². The molecule has 3 aliphatic heterocycles. The number of carbonyl (C=O) groups is 2. The molecule has 1 N–H and O–H groups in total. The second kappa shape index (κ2) is 9.57. The molecule has 4 heterocycles. The third-order valence-corrected chi connectivity index (χ3v) is 8.73. The molecular weight excluding hydrogens is 492 g/mol. The number of hydrogen-bond donors (Lipinski definition) is 1. The lowest BCUT2D eigenvalue weighted by molar-refractivity contribution is -0.915. The van der Waals surface area contributed by atoms with Gasteiger partial charge in [-0.05, 0) is 42.4 Å². The van der Waals surface area contributed by atoms with Crippen LogP contribution in [-0.4, -0.2) is 79.2 Å². The van der Waals surface area contributed by atoms with E-state index in [1.54, 1.807) is 40.4 Å². The van der Waals surface area contributed by atoms with E-state index in [4.69, 9.17) is 21.7 Å². The number of carbonyl (C=O) groups excluding carboxylic acids is 2. The molecule has 2 fully saturated rings. The molecule has 1 aromatic heterocycles. The van der Waals surface area contributed by atoms with Gasteiger partial charge in [-0.3, -0.25) is 24.2 Å². The maximum Gasteiger partial charge on any atom is 0.250 e. The Kier molecular flexibility index (Phi) is 6.57. The molecule has 3 atom stereocenters. The van der Waals surface area contributed by atoms with Crippen LogP contribution in [-0.2, 0) is 22.6 Å². The number of piperidine rings is 1. The zero-order chi connectivity index (χ0) is 26.5. The molecule has 3 aliphatic rings. The maximum atomic E-state index is 13.9. The number of ether oxygens (including phenoxy) is 2. The minimum atomic E-state index is -1.32. The van der Waals surface area contributed by atoms with Crippen LogP contribution in [0.25, 0.3) is 0 Å². The van der Waals surface area contributed by atoms with Gasteiger partial charge in [0.05, 0.1) is 27.3 Å². The summed E-state index contributed by atoms with van der Waals surface area (Å²) in [6.07, 6.45) is 1.23. The monoisotopic (exact) mass is 525 g/mol. The standard InChI is InChI=1S/C27H32N4O5S/c1-28-24(33)27(25(34)29(2)26(28)37,12-17-8-9-21(35-3)22(11-17)36-4)16-30-13-18-10-19(15-30)20-6-5-7-23(32)31(20)14-18/h5-9,11,18-19H,10,12-16H2,1-4H3/p+1/t18-,19+/m0/s1.